The monoisotopic (exact) mass is 511 g/mol. The topological polar surface area (TPSA) is 86.3 Å². The van der Waals surface area contributed by atoms with Gasteiger partial charge in [-0.2, -0.15) is 0 Å². The second-order valence-corrected chi connectivity index (χ2v) is 10.7. The summed E-state index contributed by atoms with van der Waals surface area (Å²) in [7, 11) is -4.58. The molecule has 0 spiro atoms. The van der Waals surface area contributed by atoms with Crippen LogP contribution in [0.1, 0.15) is 110 Å². The van der Waals surface area contributed by atoms with Crippen molar-refractivity contribution in [3.8, 4) is 0 Å². The van der Waals surface area contributed by atoms with E-state index in [-0.39, 0.29) is 40.4 Å². The molecule has 2 aromatic carbocycles. The molecule has 0 atom stereocenters. The minimum atomic E-state index is -4.58. The van der Waals surface area contributed by atoms with Gasteiger partial charge in [0.1, 0.15) is 10.1 Å². The number of carbonyl (C=O) groups excluding carboxylic acids is 1. The first-order valence-electron chi connectivity index (χ1n) is 13.2. The van der Waals surface area contributed by atoms with Gasteiger partial charge in [-0.3, -0.25) is 4.79 Å². The SMILES string of the molecule is CCCCCCCCCCCCCCCCCC(=O)Nc1ccc(S(=O)(=O)[O-])c2ccccc12.[Na+]. The molecular weight excluding hydrogens is 469 g/mol. The largest absolute Gasteiger partial charge is 1.00 e. The van der Waals surface area contributed by atoms with Gasteiger partial charge in [0.25, 0.3) is 0 Å². The number of hydrogen-bond donors (Lipinski definition) is 1. The molecule has 0 heterocycles. The van der Waals surface area contributed by atoms with E-state index in [9.17, 15) is 17.8 Å². The summed E-state index contributed by atoms with van der Waals surface area (Å²) in [5.74, 6) is -0.0856. The van der Waals surface area contributed by atoms with Crippen LogP contribution < -0.4 is 34.9 Å². The summed E-state index contributed by atoms with van der Waals surface area (Å²) in [5.41, 5.74) is 0.536. The van der Waals surface area contributed by atoms with Gasteiger partial charge in [-0.15, -0.1) is 0 Å². The number of benzene rings is 2. The summed E-state index contributed by atoms with van der Waals surface area (Å²) in [6.07, 6.45) is 19.7. The van der Waals surface area contributed by atoms with Gasteiger partial charge in [0.05, 0.1) is 4.90 Å². The zero-order valence-corrected chi connectivity index (χ0v) is 24.6. The first-order chi connectivity index (χ1) is 16.4. The summed E-state index contributed by atoms with van der Waals surface area (Å²) >= 11 is 0. The van der Waals surface area contributed by atoms with Crippen LogP contribution in [0, 0.1) is 0 Å². The predicted molar refractivity (Wildman–Crippen MR) is 140 cm³/mol. The molecule has 2 aromatic rings. The zero-order chi connectivity index (χ0) is 24.7. The summed E-state index contributed by atoms with van der Waals surface area (Å²) in [5, 5.41) is 3.77. The molecular formula is C28H42NNaO4S. The van der Waals surface area contributed by atoms with Crippen molar-refractivity contribution in [2.45, 2.75) is 115 Å². The van der Waals surface area contributed by atoms with Gasteiger partial charge in [-0.25, -0.2) is 8.42 Å². The van der Waals surface area contributed by atoms with Crippen LogP contribution in [0.5, 0.6) is 0 Å². The third-order valence-corrected chi connectivity index (χ3v) is 7.33. The van der Waals surface area contributed by atoms with Gasteiger partial charge in [-0.1, -0.05) is 121 Å². The van der Waals surface area contributed by atoms with Crippen LogP contribution in [0.3, 0.4) is 0 Å². The standard InChI is InChI=1S/C28H43NO4S.Na/c1-2-3-4-5-6-7-8-9-10-11-12-13-14-15-16-21-28(30)29-26-22-23-27(34(31,32)33)25-20-18-17-19-24(25)26;/h17-20,22-23H,2-16,21H2,1H3,(H,29,30)(H,31,32,33);/q;+1/p-1. The fourth-order valence-electron chi connectivity index (χ4n) is 4.47. The van der Waals surface area contributed by atoms with Crippen LogP contribution >= 0.6 is 0 Å². The van der Waals surface area contributed by atoms with Gasteiger partial charge in [-0.05, 0) is 18.6 Å². The number of rotatable bonds is 18. The molecule has 0 saturated carbocycles. The van der Waals surface area contributed by atoms with E-state index in [2.05, 4.69) is 12.2 Å². The average molecular weight is 512 g/mol. The van der Waals surface area contributed by atoms with Crippen molar-refractivity contribution in [3.05, 3.63) is 36.4 Å². The van der Waals surface area contributed by atoms with E-state index in [0.717, 1.165) is 19.3 Å². The molecule has 190 valence electrons. The van der Waals surface area contributed by atoms with Crippen molar-refractivity contribution < 1.29 is 47.3 Å². The number of fused-ring (bicyclic) bond motifs is 1. The van der Waals surface area contributed by atoms with E-state index in [1.54, 1.807) is 24.3 Å². The van der Waals surface area contributed by atoms with Crippen LogP contribution in [0.4, 0.5) is 5.69 Å². The fraction of sp³-hybridized carbons (Fsp3) is 0.607. The number of amides is 1. The number of carbonyl (C=O) groups is 1. The molecule has 0 aromatic heterocycles. The van der Waals surface area contributed by atoms with Crippen molar-refractivity contribution in [3.63, 3.8) is 0 Å². The summed E-state index contributed by atoms with van der Waals surface area (Å²) in [6.45, 7) is 2.26. The second-order valence-electron chi connectivity index (χ2n) is 9.36. The quantitative estimate of drug-likeness (QED) is 0.174. The molecule has 5 nitrogen and oxygen atoms in total. The molecule has 7 heteroatoms. The maximum atomic E-state index is 12.4. The Morgan fingerprint density at radius 3 is 1.66 bits per heavy atom. The van der Waals surface area contributed by atoms with E-state index in [1.807, 2.05) is 0 Å². The molecule has 0 aliphatic heterocycles. The van der Waals surface area contributed by atoms with Crippen molar-refractivity contribution >= 4 is 32.5 Å². The minimum Gasteiger partial charge on any atom is -0.744 e. The molecule has 0 unspecified atom stereocenters. The summed E-state index contributed by atoms with van der Waals surface area (Å²) < 4.78 is 34.5. The molecule has 0 radical (unpaired) electrons. The molecule has 0 saturated heterocycles. The molecule has 0 bridgehead atoms. The van der Waals surface area contributed by atoms with E-state index in [0.29, 0.717) is 22.9 Å². The smallest absolute Gasteiger partial charge is 0.744 e. The van der Waals surface area contributed by atoms with Gasteiger partial charge < -0.3 is 9.87 Å². The van der Waals surface area contributed by atoms with Crippen molar-refractivity contribution in [1.29, 1.82) is 0 Å². The van der Waals surface area contributed by atoms with Gasteiger partial charge >= 0.3 is 29.6 Å². The molecule has 35 heavy (non-hydrogen) atoms. The van der Waals surface area contributed by atoms with Crippen LogP contribution in [-0.2, 0) is 14.9 Å². The molecule has 0 aliphatic carbocycles. The molecule has 1 amide bonds. The van der Waals surface area contributed by atoms with Crippen LogP contribution in [0.25, 0.3) is 10.8 Å². The number of anilines is 1. The van der Waals surface area contributed by atoms with Crippen LogP contribution in [0.15, 0.2) is 41.3 Å². The number of hydrogen-bond acceptors (Lipinski definition) is 4. The predicted octanol–water partition coefficient (Wildman–Crippen LogP) is 4.95. The first kappa shape index (κ1) is 32.1. The molecule has 2 rings (SSSR count). The van der Waals surface area contributed by atoms with Crippen LogP contribution in [0.2, 0.25) is 0 Å². The maximum absolute atomic E-state index is 12.4. The van der Waals surface area contributed by atoms with E-state index in [4.69, 9.17) is 0 Å². The van der Waals surface area contributed by atoms with Gasteiger partial charge in [0, 0.05) is 22.9 Å². The minimum absolute atomic E-state index is 0. The second kappa shape index (κ2) is 18.3. The zero-order valence-electron chi connectivity index (χ0n) is 21.8. The maximum Gasteiger partial charge on any atom is 1.00 e. The third-order valence-electron chi connectivity index (χ3n) is 6.43. The summed E-state index contributed by atoms with van der Waals surface area (Å²) in [4.78, 5) is 12.1. The van der Waals surface area contributed by atoms with Crippen molar-refractivity contribution in [1.82, 2.24) is 0 Å². The number of nitrogens with one attached hydrogen (secondary N) is 1. The average Bonchev–Trinajstić information content (AvgIpc) is 2.81. The van der Waals surface area contributed by atoms with Crippen molar-refractivity contribution in [2.24, 2.45) is 0 Å². The number of unbranched alkanes of at least 4 members (excludes halogenated alkanes) is 14. The normalized spacial score (nSPS) is 11.4. The Morgan fingerprint density at radius 2 is 1.17 bits per heavy atom. The first-order valence-corrected chi connectivity index (χ1v) is 14.6. The van der Waals surface area contributed by atoms with E-state index >= 15 is 0 Å². The molecule has 1 N–H and O–H groups in total. The van der Waals surface area contributed by atoms with E-state index < -0.39 is 10.1 Å². The van der Waals surface area contributed by atoms with E-state index in [1.165, 1.54) is 89.2 Å². The Balaban J connectivity index is 0.00000612. The Hall–Kier alpha value is -0.920. The molecule has 0 fully saturated rings. The fourth-order valence-corrected chi connectivity index (χ4v) is 5.15. The Kier molecular flexibility index (Phi) is 16.8. The van der Waals surface area contributed by atoms with Crippen LogP contribution in [-0.4, -0.2) is 18.9 Å². The van der Waals surface area contributed by atoms with Gasteiger partial charge in [0.2, 0.25) is 5.91 Å². The Labute approximate surface area is 234 Å². The third kappa shape index (κ3) is 12.7. The Morgan fingerprint density at radius 1 is 0.714 bits per heavy atom. The van der Waals surface area contributed by atoms with Crippen molar-refractivity contribution in [2.75, 3.05) is 5.32 Å². The Bertz CT molecular complexity index is 978. The van der Waals surface area contributed by atoms with Gasteiger partial charge in [0.15, 0.2) is 0 Å². The molecule has 0 aliphatic rings. The summed E-state index contributed by atoms with van der Waals surface area (Å²) in [6, 6.07) is 9.51.